The first kappa shape index (κ1) is 17.6. The molecule has 0 spiro atoms. The van der Waals surface area contributed by atoms with Gasteiger partial charge in [0.15, 0.2) is 5.76 Å². The van der Waals surface area contributed by atoms with Crippen molar-refractivity contribution in [3.63, 3.8) is 0 Å². The van der Waals surface area contributed by atoms with Crippen molar-refractivity contribution in [2.45, 2.75) is 13.5 Å². The lowest BCUT2D eigenvalue weighted by molar-refractivity contribution is -0.116. The van der Waals surface area contributed by atoms with E-state index in [9.17, 15) is 9.59 Å². The number of rotatable bonds is 5. The van der Waals surface area contributed by atoms with E-state index in [1.165, 1.54) is 6.26 Å². The van der Waals surface area contributed by atoms with Gasteiger partial charge < -0.3 is 19.6 Å². The average Bonchev–Trinajstić information content (AvgIpc) is 3.31. The molecule has 4 aromatic rings. The Morgan fingerprint density at radius 2 is 1.71 bits per heavy atom. The first-order chi connectivity index (χ1) is 13.6. The highest BCUT2D eigenvalue weighted by Crippen LogP contribution is 2.20. The zero-order valence-corrected chi connectivity index (χ0v) is 15.3. The molecule has 140 valence electrons. The van der Waals surface area contributed by atoms with Crippen LogP contribution >= 0.6 is 0 Å². The van der Waals surface area contributed by atoms with Gasteiger partial charge in [0.2, 0.25) is 5.91 Å². The third-order valence-corrected chi connectivity index (χ3v) is 4.47. The minimum atomic E-state index is -0.345. The summed E-state index contributed by atoms with van der Waals surface area (Å²) in [5.41, 5.74) is 3.23. The van der Waals surface area contributed by atoms with Crippen molar-refractivity contribution in [2.75, 3.05) is 10.6 Å². The number of furan rings is 1. The van der Waals surface area contributed by atoms with Gasteiger partial charge in [0.25, 0.3) is 5.91 Å². The minimum absolute atomic E-state index is 0.140. The molecule has 0 unspecified atom stereocenters. The van der Waals surface area contributed by atoms with Crippen molar-refractivity contribution in [3.8, 4) is 0 Å². The quantitative estimate of drug-likeness (QED) is 0.543. The highest BCUT2D eigenvalue weighted by atomic mass is 16.3. The van der Waals surface area contributed by atoms with E-state index in [1.807, 2.05) is 35.8 Å². The van der Waals surface area contributed by atoms with Crippen LogP contribution in [0.5, 0.6) is 0 Å². The van der Waals surface area contributed by atoms with E-state index in [0.717, 1.165) is 16.6 Å². The molecule has 0 saturated heterocycles. The topological polar surface area (TPSA) is 76.3 Å². The molecule has 4 rings (SSSR count). The summed E-state index contributed by atoms with van der Waals surface area (Å²) in [6, 6.07) is 20.3. The fourth-order valence-corrected chi connectivity index (χ4v) is 3.18. The molecule has 0 fully saturated rings. The zero-order valence-electron chi connectivity index (χ0n) is 15.3. The molecular weight excluding hydrogens is 354 g/mol. The number of aromatic nitrogens is 1. The number of carbonyl (C=O) groups excluding carboxylic acids is 2. The van der Waals surface area contributed by atoms with Gasteiger partial charge >= 0.3 is 0 Å². The van der Waals surface area contributed by atoms with Crippen molar-refractivity contribution in [3.05, 3.63) is 84.4 Å². The number of anilines is 2. The molecule has 0 aliphatic carbocycles. The number of hydrogen-bond acceptors (Lipinski definition) is 3. The number of hydrogen-bond donors (Lipinski definition) is 2. The summed E-state index contributed by atoms with van der Waals surface area (Å²) in [4.78, 5) is 24.6. The Balaban J connectivity index is 1.46. The summed E-state index contributed by atoms with van der Waals surface area (Å²) in [6.45, 7) is 2.19. The number of aryl methyl sites for hydroxylation is 1. The summed E-state index contributed by atoms with van der Waals surface area (Å²) < 4.78 is 7.06. The van der Waals surface area contributed by atoms with E-state index in [1.54, 1.807) is 36.4 Å². The predicted molar refractivity (Wildman–Crippen MR) is 108 cm³/mol. The number of amides is 2. The first-order valence-electron chi connectivity index (χ1n) is 8.90. The summed E-state index contributed by atoms with van der Waals surface area (Å²) in [7, 11) is 0. The number of benzene rings is 2. The molecule has 0 aliphatic rings. The molecule has 2 amide bonds. The minimum Gasteiger partial charge on any atom is -0.459 e. The first-order valence-corrected chi connectivity index (χ1v) is 8.90. The van der Waals surface area contributed by atoms with E-state index < -0.39 is 0 Å². The highest BCUT2D eigenvalue weighted by Gasteiger charge is 2.11. The van der Waals surface area contributed by atoms with Gasteiger partial charge in [-0.15, -0.1) is 0 Å². The van der Waals surface area contributed by atoms with E-state index in [0.29, 0.717) is 11.4 Å². The van der Waals surface area contributed by atoms with Crippen molar-refractivity contribution < 1.29 is 14.0 Å². The summed E-state index contributed by atoms with van der Waals surface area (Å²) in [5, 5.41) is 6.74. The van der Waals surface area contributed by atoms with Crippen LogP contribution in [-0.4, -0.2) is 16.4 Å². The third kappa shape index (κ3) is 3.66. The van der Waals surface area contributed by atoms with Gasteiger partial charge in [-0.05, 0) is 54.8 Å². The molecule has 2 N–H and O–H groups in total. The SMILES string of the molecule is Cc1cc2ccccc2n1CC(=O)Nc1cccc(NC(=O)c2ccco2)c1. The zero-order chi connectivity index (χ0) is 19.5. The van der Waals surface area contributed by atoms with E-state index in [4.69, 9.17) is 4.42 Å². The number of para-hydroxylation sites is 1. The van der Waals surface area contributed by atoms with Crippen molar-refractivity contribution in [1.82, 2.24) is 4.57 Å². The summed E-state index contributed by atoms with van der Waals surface area (Å²) in [6.07, 6.45) is 1.44. The largest absolute Gasteiger partial charge is 0.459 e. The van der Waals surface area contributed by atoms with Crippen molar-refractivity contribution in [1.29, 1.82) is 0 Å². The maximum absolute atomic E-state index is 12.6. The molecule has 0 atom stereocenters. The Hall–Kier alpha value is -3.80. The van der Waals surface area contributed by atoms with E-state index in [2.05, 4.69) is 16.7 Å². The smallest absolute Gasteiger partial charge is 0.291 e. The van der Waals surface area contributed by atoms with Crippen LogP contribution < -0.4 is 10.6 Å². The fraction of sp³-hybridized carbons (Fsp3) is 0.0909. The lowest BCUT2D eigenvalue weighted by Gasteiger charge is -2.11. The third-order valence-electron chi connectivity index (χ3n) is 4.47. The van der Waals surface area contributed by atoms with Crippen molar-refractivity contribution in [2.24, 2.45) is 0 Å². The molecule has 0 radical (unpaired) electrons. The van der Waals surface area contributed by atoms with Crippen LogP contribution in [0.2, 0.25) is 0 Å². The normalized spacial score (nSPS) is 10.8. The average molecular weight is 373 g/mol. The second-order valence-corrected chi connectivity index (χ2v) is 6.49. The second-order valence-electron chi connectivity index (χ2n) is 6.49. The van der Waals surface area contributed by atoms with Gasteiger partial charge in [-0.3, -0.25) is 9.59 Å². The predicted octanol–water partition coefficient (Wildman–Crippen LogP) is 4.43. The van der Waals surface area contributed by atoms with Gasteiger partial charge in [0, 0.05) is 22.6 Å². The lowest BCUT2D eigenvalue weighted by atomic mass is 10.2. The van der Waals surface area contributed by atoms with Gasteiger partial charge in [-0.1, -0.05) is 24.3 Å². The molecule has 0 aliphatic heterocycles. The standard InChI is InChI=1S/C22H19N3O3/c1-15-12-16-6-2-3-9-19(16)25(15)14-21(26)23-17-7-4-8-18(13-17)24-22(27)20-10-5-11-28-20/h2-13H,14H2,1H3,(H,23,26)(H,24,27). The number of nitrogens with zero attached hydrogens (tertiary/aromatic N) is 1. The van der Waals surface area contributed by atoms with Gasteiger partial charge in [0.1, 0.15) is 6.54 Å². The van der Waals surface area contributed by atoms with Crippen LogP contribution in [0.4, 0.5) is 11.4 Å². The summed E-state index contributed by atoms with van der Waals surface area (Å²) in [5.74, 6) is -0.258. The molecule has 2 aromatic carbocycles. The lowest BCUT2D eigenvalue weighted by Crippen LogP contribution is -2.19. The fourth-order valence-electron chi connectivity index (χ4n) is 3.18. The van der Waals surface area contributed by atoms with Crippen LogP contribution in [0.25, 0.3) is 10.9 Å². The van der Waals surface area contributed by atoms with Crippen molar-refractivity contribution >= 4 is 34.1 Å². The van der Waals surface area contributed by atoms with Crippen LogP contribution in [0.3, 0.4) is 0 Å². The summed E-state index contributed by atoms with van der Waals surface area (Å²) >= 11 is 0. The maximum atomic E-state index is 12.6. The van der Waals surface area contributed by atoms with Gasteiger partial charge in [-0.25, -0.2) is 0 Å². The van der Waals surface area contributed by atoms with Gasteiger partial charge in [-0.2, -0.15) is 0 Å². The number of fused-ring (bicyclic) bond motifs is 1. The maximum Gasteiger partial charge on any atom is 0.291 e. The Morgan fingerprint density at radius 3 is 2.50 bits per heavy atom. The molecule has 2 aromatic heterocycles. The monoisotopic (exact) mass is 373 g/mol. The van der Waals surface area contributed by atoms with Crippen LogP contribution in [0.15, 0.2) is 77.4 Å². The van der Waals surface area contributed by atoms with E-state index >= 15 is 0 Å². The molecule has 2 heterocycles. The number of carbonyl (C=O) groups is 2. The Labute approximate surface area is 161 Å². The molecule has 6 nitrogen and oxygen atoms in total. The molecule has 0 bridgehead atoms. The number of nitrogens with one attached hydrogen (secondary N) is 2. The molecule has 28 heavy (non-hydrogen) atoms. The Morgan fingerprint density at radius 1 is 0.929 bits per heavy atom. The van der Waals surface area contributed by atoms with Gasteiger partial charge in [0.05, 0.1) is 6.26 Å². The Kier molecular flexibility index (Phi) is 4.68. The second kappa shape index (κ2) is 7.44. The van der Waals surface area contributed by atoms with Crippen LogP contribution in [0, 0.1) is 6.92 Å². The van der Waals surface area contributed by atoms with E-state index in [-0.39, 0.29) is 24.1 Å². The molecular formula is C22H19N3O3. The van der Waals surface area contributed by atoms with Crippen LogP contribution in [-0.2, 0) is 11.3 Å². The Bertz CT molecular complexity index is 1140. The molecule has 6 heteroatoms. The highest BCUT2D eigenvalue weighted by molar-refractivity contribution is 6.02. The van der Waals surface area contributed by atoms with Crippen LogP contribution in [0.1, 0.15) is 16.2 Å². The molecule has 0 saturated carbocycles.